The molecule has 1 saturated heterocycles. The van der Waals surface area contributed by atoms with Crippen LogP contribution in [-0.2, 0) is 11.3 Å². The first-order valence-corrected chi connectivity index (χ1v) is 11.7. The minimum Gasteiger partial charge on any atom is -0.340 e. The summed E-state index contributed by atoms with van der Waals surface area (Å²) in [5, 5.41) is 6.10. The molecule has 7 heteroatoms. The minimum absolute atomic E-state index is 0.226. The lowest BCUT2D eigenvalue weighted by molar-refractivity contribution is -0.139. The van der Waals surface area contributed by atoms with E-state index in [-0.39, 0.29) is 5.92 Å². The molecule has 1 aliphatic heterocycles. The Kier molecular flexibility index (Phi) is 6.06. The monoisotopic (exact) mass is 416 g/mol. The standard InChI is InChI=1S/C22H32N4O2S/c1-22(2,3)17-8-6-16(7-9-17)21(27)26-12-10-25(11-13-26)15-19-23-20(24-28-19)18-5-4-14-29-18/h4-5,14,16-17H,6-13,15H2,1-3H3. The van der Waals surface area contributed by atoms with Gasteiger partial charge in [0.15, 0.2) is 0 Å². The number of rotatable bonds is 4. The molecule has 0 aromatic carbocycles. The van der Waals surface area contributed by atoms with E-state index < -0.39 is 0 Å². The van der Waals surface area contributed by atoms with E-state index in [1.54, 1.807) is 11.3 Å². The van der Waals surface area contributed by atoms with Gasteiger partial charge in [0.25, 0.3) is 0 Å². The summed E-state index contributed by atoms with van der Waals surface area (Å²) in [5.74, 6) is 2.65. The van der Waals surface area contributed by atoms with E-state index in [2.05, 4.69) is 40.7 Å². The van der Waals surface area contributed by atoms with Crippen LogP contribution in [0.2, 0.25) is 0 Å². The van der Waals surface area contributed by atoms with Crippen LogP contribution in [0, 0.1) is 17.3 Å². The highest BCUT2D eigenvalue weighted by atomic mass is 32.1. The number of hydrogen-bond donors (Lipinski definition) is 0. The van der Waals surface area contributed by atoms with Gasteiger partial charge in [0.05, 0.1) is 11.4 Å². The number of piperazine rings is 1. The molecule has 158 valence electrons. The zero-order valence-corrected chi connectivity index (χ0v) is 18.6. The third-order valence-electron chi connectivity index (χ3n) is 6.55. The molecule has 3 heterocycles. The number of carbonyl (C=O) groups is 1. The number of carbonyl (C=O) groups excluding carboxylic acids is 1. The van der Waals surface area contributed by atoms with E-state index in [9.17, 15) is 4.79 Å². The third-order valence-corrected chi connectivity index (χ3v) is 7.42. The van der Waals surface area contributed by atoms with Crippen LogP contribution in [0.3, 0.4) is 0 Å². The average molecular weight is 417 g/mol. The van der Waals surface area contributed by atoms with Crippen LogP contribution in [0.4, 0.5) is 0 Å². The molecular formula is C22H32N4O2S. The Bertz CT molecular complexity index is 795. The van der Waals surface area contributed by atoms with Gasteiger partial charge in [-0.25, -0.2) is 0 Å². The molecule has 0 N–H and O–H groups in total. The highest BCUT2D eigenvalue weighted by molar-refractivity contribution is 7.13. The lowest BCUT2D eigenvalue weighted by Gasteiger charge is -2.40. The first kappa shape index (κ1) is 20.5. The van der Waals surface area contributed by atoms with Crippen LogP contribution in [0.1, 0.15) is 52.3 Å². The second kappa shape index (κ2) is 8.56. The SMILES string of the molecule is CC(C)(C)C1CCC(C(=O)N2CCN(Cc3nc(-c4cccs4)no3)CC2)CC1. The maximum Gasteiger partial charge on any atom is 0.241 e. The zero-order valence-electron chi connectivity index (χ0n) is 17.8. The first-order chi connectivity index (χ1) is 13.9. The van der Waals surface area contributed by atoms with Gasteiger partial charge in [-0.1, -0.05) is 32.0 Å². The predicted octanol–water partition coefficient (Wildman–Crippen LogP) is 4.29. The summed E-state index contributed by atoms with van der Waals surface area (Å²) in [6.07, 6.45) is 4.47. The number of hydrogen-bond acceptors (Lipinski definition) is 6. The van der Waals surface area contributed by atoms with Crippen molar-refractivity contribution in [3.8, 4) is 10.7 Å². The Morgan fingerprint density at radius 1 is 1.17 bits per heavy atom. The second-order valence-corrected chi connectivity index (χ2v) is 10.5. The molecule has 1 amide bonds. The lowest BCUT2D eigenvalue weighted by Crippen LogP contribution is -2.50. The van der Waals surface area contributed by atoms with Crippen LogP contribution in [0.25, 0.3) is 10.7 Å². The van der Waals surface area contributed by atoms with E-state index in [1.165, 1.54) is 12.8 Å². The maximum atomic E-state index is 13.0. The fourth-order valence-electron chi connectivity index (χ4n) is 4.61. The molecule has 2 aliphatic rings. The number of thiophene rings is 1. The predicted molar refractivity (Wildman–Crippen MR) is 114 cm³/mol. The maximum absolute atomic E-state index is 13.0. The fourth-order valence-corrected chi connectivity index (χ4v) is 5.26. The summed E-state index contributed by atoms with van der Waals surface area (Å²) in [6, 6.07) is 3.99. The van der Waals surface area contributed by atoms with Gasteiger partial charge in [-0.15, -0.1) is 11.3 Å². The van der Waals surface area contributed by atoms with Gasteiger partial charge >= 0.3 is 0 Å². The van der Waals surface area contributed by atoms with E-state index in [4.69, 9.17) is 4.52 Å². The lowest BCUT2D eigenvalue weighted by atomic mass is 9.69. The molecule has 0 bridgehead atoms. The Morgan fingerprint density at radius 3 is 2.52 bits per heavy atom. The van der Waals surface area contributed by atoms with Crippen molar-refractivity contribution in [3.63, 3.8) is 0 Å². The van der Waals surface area contributed by atoms with E-state index >= 15 is 0 Å². The van der Waals surface area contributed by atoms with Gasteiger partial charge in [-0.05, 0) is 48.5 Å². The molecule has 0 radical (unpaired) electrons. The van der Waals surface area contributed by atoms with Crippen LogP contribution >= 0.6 is 11.3 Å². The summed E-state index contributed by atoms with van der Waals surface area (Å²) < 4.78 is 5.42. The molecule has 0 atom stereocenters. The Balaban J connectivity index is 1.24. The molecule has 29 heavy (non-hydrogen) atoms. The molecular weight excluding hydrogens is 384 g/mol. The molecule has 6 nitrogen and oxygen atoms in total. The van der Waals surface area contributed by atoms with Crippen molar-refractivity contribution in [1.82, 2.24) is 19.9 Å². The molecule has 2 aromatic heterocycles. The van der Waals surface area contributed by atoms with Crippen molar-refractivity contribution in [3.05, 3.63) is 23.4 Å². The largest absolute Gasteiger partial charge is 0.340 e. The molecule has 1 aliphatic carbocycles. The van der Waals surface area contributed by atoms with Crippen molar-refractivity contribution in [2.45, 2.75) is 53.0 Å². The van der Waals surface area contributed by atoms with E-state index in [0.29, 0.717) is 29.6 Å². The van der Waals surface area contributed by atoms with E-state index in [0.717, 1.165) is 49.8 Å². The Hall–Kier alpha value is -1.73. The normalized spacial score (nSPS) is 24.0. The molecule has 4 rings (SSSR count). The Labute approximate surface area is 177 Å². The van der Waals surface area contributed by atoms with Gasteiger partial charge in [0, 0.05) is 32.1 Å². The van der Waals surface area contributed by atoms with Crippen molar-refractivity contribution >= 4 is 17.2 Å². The van der Waals surface area contributed by atoms with Crippen LogP contribution < -0.4 is 0 Å². The molecule has 1 saturated carbocycles. The molecule has 2 aromatic rings. The van der Waals surface area contributed by atoms with E-state index in [1.807, 2.05) is 17.5 Å². The summed E-state index contributed by atoms with van der Waals surface area (Å²) in [6.45, 7) is 10.9. The second-order valence-electron chi connectivity index (χ2n) is 9.51. The van der Waals surface area contributed by atoms with Crippen molar-refractivity contribution in [2.24, 2.45) is 17.3 Å². The zero-order chi connectivity index (χ0) is 20.4. The summed E-state index contributed by atoms with van der Waals surface area (Å²) in [4.78, 5) is 22.9. The van der Waals surface area contributed by atoms with Gasteiger partial charge in [-0.2, -0.15) is 4.98 Å². The number of nitrogens with zero attached hydrogens (tertiary/aromatic N) is 4. The first-order valence-electron chi connectivity index (χ1n) is 10.8. The van der Waals surface area contributed by atoms with Crippen LogP contribution in [-0.4, -0.2) is 52.0 Å². The van der Waals surface area contributed by atoms with Gasteiger partial charge < -0.3 is 9.42 Å². The fraction of sp³-hybridized carbons (Fsp3) is 0.682. The number of amides is 1. The highest BCUT2D eigenvalue weighted by Gasteiger charge is 2.34. The van der Waals surface area contributed by atoms with Crippen molar-refractivity contribution in [1.29, 1.82) is 0 Å². The van der Waals surface area contributed by atoms with Crippen molar-refractivity contribution < 1.29 is 9.32 Å². The Morgan fingerprint density at radius 2 is 1.90 bits per heavy atom. The molecule has 0 unspecified atom stereocenters. The van der Waals surface area contributed by atoms with Gasteiger partial charge in [-0.3, -0.25) is 9.69 Å². The molecule has 2 fully saturated rings. The summed E-state index contributed by atoms with van der Waals surface area (Å²) in [7, 11) is 0. The topological polar surface area (TPSA) is 62.5 Å². The highest BCUT2D eigenvalue weighted by Crippen LogP contribution is 2.40. The van der Waals surface area contributed by atoms with Gasteiger partial charge in [0.1, 0.15) is 0 Å². The number of aromatic nitrogens is 2. The van der Waals surface area contributed by atoms with Gasteiger partial charge in [0.2, 0.25) is 17.6 Å². The quantitative estimate of drug-likeness (QED) is 0.744. The summed E-state index contributed by atoms with van der Waals surface area (Å²) >= 11 is 1.61. The van der Waals surface area contributed by atoms with Crippen molar-refractivity contribution in [2.75, 3.05) is 26.2 Å². The van der Waals surface area contributed by atoms with Crippen LogP contribution in [0.15, 0.2) is 22.0 Å². The minimum atomic E-state index is 0.226. The average Bonchev–Trinajstić information content (AvgIpc) is 3.39. The smallest absolute Gasteiger partial charge is 0.241 e. The van der Waals surface area contributed by atoms with Crippen LogP contribution in [0.5, 0.6) is 0 Å². The summed E-state index contributed by atoms with van der Waals surface area (Å²) in [5.41, 5.74) is 0.359. The third kappa shape index (κ3) is 4.89. The molecule has 0 spiro atoms.